The van der Waals surface area contributed by atoms with Crippen molar-refractivity contribution in [2.45, 2.75) is 26.9 Å². The predicted octanol–water partition coefficient (Wildman–Crippen LogP) is 5.94. The topological polar surface area (TPSA) is 67.4 Å². The Balaban J connectivity index is 1.74. The SMILES string of the molecule is Cc1ccc(C(=O)Nc2ccc(OC(C)C)c(Cl)c2)cc1NC(=O)c1ccccc1. The highest BCUT2D eigenvalue weighted by Crippen LogP contribution is 2.29. The molecule has 0 unspecified atom stereocenters. The lowest BCUT2D eigenvalue weighted by Crippen LogP contribution is -2.15. The van der Waals surface area contributed by atoms with Crippen molar-refractivity contribution >= 4 is 34.8 Å². The Morgan fingerprint density at radius 1 is 0.867 bits per heavy atom. The Labute approximate surface area is 181 Å². The molecule has 5 nitrogen and oxygen atoms in total. The van der Waals surface area contributed by atoms with E-state index < -0.39 is 0 Å². The number of anilines is 2. The van der Waals surface area contributed by atoms with Crippen LogP contribution in [0.25, 0.3) is 0 Å². The number of rotatable bonds is 6. The molecule has 0 spiro atoms. The van der Waals surface area contributed by atoms with Gasteiger partial charge in [0.05, 0.1) is 11.1 Å². The van der Waals surface area contributed by atoms with E-state index >= 15 is 0 Å². The van der Waals surface area contributed by atoms with Crippen LogP contribution in [0.4, 0.5) is 11.4 Å². The van der Waals surface area contributed by atoms with Crippen LogP contribution in [0.1, 0.15) is 40.1 Å². The number of hydrogen-bond acceptors (Lipinski definition) is 3. The average molecular weight is 423 g/mol. The molecule has 0 aliphatic carbocycles. The summed E-state index contributed by atoms with van der Waals surface area (Å²) in [7, 11) is 0. The third-order valence-corrected chi connectivity index (χ3v) is 4.63. The average Bonchev–Trinajstić information content (AvgIpc) is 2.72. The minimum atomic E-state index is -0.307. The Morgan fingerprint density at radius 3 is 2.23 bits per heavy atom. The number of amides is 2. The number of carbonyl (C=O) groups excluding carboxylic acids is 2. The molecular weight excluding hydrogens is 400 g/mol. The summed E-state index contributed by atoms with van der Waals surface area (Å²) in [5.74, 6) is 0.0218. The Morgan fingerprint density at radius 2 is 1.57 bits per heavy atom. The molecule has 0 saturated carbocycles. The van der Waals surface area contributed by atoms with Crippen LogP contribution < -0.4 is 15.4 Å². The van der Waals surface area contributed by atoms with E-state index in [1.807, 2.05) is 26.8 Å². The Hall–Kier alpha value is -3.31. The number of carbonyl (C=O) groups is 2. The van der Waals surface area contributed by atoms with E-state index in [4.69, 9.17) is 16.3 Å². The maximum atomic E-state index is 12.7. The molecular formula is C24H23ClN2O3. The molecule has 0 fully saturated rings. The zero-order chi connectivity index (χ0) is 21.7. The first-order valence-electron chi connectivity index (χ1n) is 9.58. The molecule has 0 radical (unpaired) electrons. The van der Waals surface area contributed by atoms with Gasteiger partial charge >= 0.3 is 0 Å². The van der Waals surface area contributed by atoms with Crippen molar-refractivity contribution in [1.29, 1.82) is 0 Å². The first-order valence-corrected chi connectivity index (χ1v) is 9.96. The highest BCUT2D eigenvalue weighted by molar-refractivity contribution is 6.32. The van der Waals surface area contributed by atoms with E-state index in [1.165, 1.54) is 0 Å². The molecule has 0 saturated heterocycles. The number of ether oxygens (including phenoxy) is 1. The lowest BCUT2D eigenvalue weighted by molar-refractivity contribution is 0.101. The maximum Gasteiger partial charge on any atom is 0.255 e. The standard InChI is InChI=1S/C24H23ClN2O3/c1-15(2)30-22-12-11-19(14-20(22)25)26-24(29)18-10-9-16(3)21(13-18)27-23(28)17-7-5-4-6-8-17/h4-15H,1-3H3,(H,26,29)(H,27,28). The van der Waals surface area contributed by atoms with E-state index in [0.29, 0.717) is 33.3 Å². The normalized spacial score (nSPS) is 10.6. The van der Waals surface area contributed by atoms with Crippen molar-refractivity contribution in [3.63, 3.8) is 0 Å². The van der Waals surface area contributed by atoms with Crippen molar-refractivity contribution in [1.82, 2.24) is 0 Å². The van der Waals surface area contributed by atoms with Crippen LogP contribution in [-0.2, 0) is 0 Å². The first kappa shape index (κ1) is 21.4. The molecule has 2 amide bonds. The maximum absolute atomic E-state index is 12.7. The number of nitrogens with one attached hydrogen (secondary N) is 2. The smallest absolute Gasteiger partial charge is 0.255 e. The van der Waals surface area contributed by atoms with Gasteiger partial charge in [0.1, 0.15) is 5.75 Å². The molecule has 0 aliphatic heterocycles. The lowest BCUT2D eigenvalue weighted by Gasteiger charge is -2.13. The number of halogens is 1. The lowest BCUT2D eigenvalue weighted by atomic mass is 10.1. The molecule has 3 aromatic rings. The van der Waals surface area contributed by atoms with E-state index in [2.05, 4.69) is 10.6 Å². The monoisotopic (exact) mass is 422 g/mol. The third-order valence-electron chi connectivity index (χ3n) is 4.34. The van der Waals surface area contributed by atoms with Gasteiger partial charge in [0.15, 0.2) is 0 Å². The van der Waals surface area contributed by atoms with Gasteiger partial charge in [-0.25, -0.2) is 0 Å². The van der Waals surface area contributed by atoms with Gasteiger partial charge in [0.2, 0.25) is 0 Å². The fourth-order valence-corrected chi connectivity index (χ4v) is 3.04. The molecule has 0 bridgehead atoms. The summed E-state index contributed by atoms with van der Waals surface area (Å²) < 4.78 is 5.61. The second-order valence-electron chi connectivity index (χ2n) is 7.12. The second-order valence-corrected chi connectivity index (χ2v) is 7.52. The zero-order valence-corrected chi connectivity index (χ0v) is 17.8. The number of hydrogen-bond donors (Lipinski definition) is 2. The summed E-state index contributed by atoms with van der Waals surface area (Å²) in [5, 5.41) is 6.10. The Kier molecular flexibility index (Phi) is 6.75. The van der Waals surface area contributed by atoms with Crippen LogP contribution in [0.5, 0.6) is 5.75 Å². The summed E-state index contributed by atoms with van der Waals surface area (Å²) >= 11 is 6.24. The van der Waals surface area contributed by atoms with Crippen LogP contribution in [0.15, 0.2) is 66.7 Å². The molecule has 3 aromatic carbocycles. The van der Waals surface area contributed by atoms with E-state index in [1.54, 1.807) is 60.7 Å². The molecule has 3 rings (SSSR count). The molecule has 2 N–H and O–H groups in total. The summed E-state index contributed by atoms with van der Waals surface area (Å²) in [6.07, 6.45) is 0.0000157. The summed E-state index contributed by atoms with van der Waals surface area (Å²) in [6, 6.07) is 19.2. The predicted molar refractivity (Wildman–Crippen MR) is 121 cm³/mol. The van der Waals surface area contributed by atoms with E-state index in [9.17, 15) is 9.59 Å². The van der Waals surface area contributed by atoms with Gasteiger partial charge in [-0.05, 0) is 68.8 Å². The van der Waals surface area contributed by atoms with Gasteiger partial charge in [-0.3, -0.25) is 9.59 Å². The first-order chi connectivity index (χ1) is 14.3. The van der Waals surface area contributed by atoms with Gasteiger partial charge in [0, 0.05) is 22.5 Å². The molecule has 154 valence electrons. The Bertz CT molecular complexity index is 1070. The van der Waals surface area contributed by atoms with Gasteiger partial charge < -0.3 is 15.4 Å². The molecule has 0 aliphatic rings. The molecule has 6 heteroatoms. The third kappa shape index (κ3) is 5.39. The van der Waals surface area contributed by atoms with Crippen molar-refractivity contribution in [3.8, 4) is 5.75 Å². The number of aryl methyl sites for hydroxylation is 1. The highest BCUT2D eigenvalue weighted by Gasteiger charge is 2.13. The highest BCUT2D eigenvalue weighted by atomic mass is 35.5. The fourth-order valence-electron chi connectivity index (χ4n) is 2.81. The van der Waals surface area contributed by atoms with E-state index in [0.717, 1.165) is 5.56 Å². The minimum Gasteiger partial charge on any atom is -0.489 e. The fraction of sp³-hybridized carbons (Fsp3) is 0.167. The molecule has 30 heavy (non-hydrogen) atoms. The van der Waals surface area contributed by atoms with Crippen LogP contribution in [0.2, 0.25) is 5.02 Å². The summed E-state index contributed by atoms with van der Waals surface area (Å²) in [6.45, 7) is 5.70. The molecule has 0 aromatic heterocycles. The van der Waals surface area contributed by atoms with Crippen LogP contribution in [0, 0.1) is 6.92 Å². The van der Waals surface area contributed by atoms with Gasteiger partial charge in [-0.15, -0.1) is 0 Å². The summed E-state index contributed by atoms with van der Waals surface area (Å²) in [4.78, 5) is 25.2. The quantitative estimate of drug-likeness (QED) is 0.516. The zero-order valence-electron chi connectivity index (χ0n) is 17.0. The van der Waals surface area contributed by atoms with E-state index in [-0.39, 0.29) is 17.9 Å². The molecule has 0 heterocycles. The van der Waals surface area contributed by atoms with Crippen molar-refractivity contribution in [2.75, 3.05) is 10.6 Å². The summed E-state index contributed by atoms with van der Waals surface area (Å²) in [5.41, 5.74) is 2.95. The molecule has 0 atom stereocenters. The minimum absolute atomic E-state index is 0.0000157. The van der Waals surface area contributed by atoms with Crippen LogP contribution in [-0.4, -0.2) is 17.9 Å². The number of benzene rings is 3. The second kappa shape index (κ2) is 9.46. The van der Waals surface area contributed by atoms with Crippen LogP contribution in [0.3, 0.4) is 0 Å². The van der Waals surface area contributed by atoms with Gasteiger partial charge in [-0.1, -0.05) is 35.9 Å². The van der Waals surface area contributed by atoms with Gasteiger partial charge in [-0.2, -0.15) is 0 Å². The van der Waals surface area contributed by atoms with Gasteiger partial charge in [0.25, 0.3) is 11.8 Å². The largest absolute Gasteiger partial charge is 0.489 e. The van der Waals surface area contributed by atoms with Crippen molar-refractivity contribution in [3.05, 3.63) is 88.4 Å². The van der Waals surface area contributed by atoms with Crippen molar-refractivity contribution in [2.24, 2.45) is 0 Å². The van der Waals surface area contributed by atoms with Crippen LogP contribution >= 0.6 is 11.6 Å². The van der Waals surface area contributed by atoms with Crippen molar-refractivity contribution < 1.29 is 14.3 Å².